The summed E-state index contributed by atoms with van der Waals surface area (Å²) in [4.78, 5) is 4.34. The highest BCUT2D eigenvalue weighted by molar-refractivity contribution is 5.67. The molecule has 2 heteroatoms. The van der Waals surface area contributed by atoms with Crippen LogP contribution >= 0.6 is 0 Å². The third-order valence-corrected chi connectivity index (χ3v) is 3.88. The van der Waals surface area contributed by atoms with Crippen LogP contribution in [0.5, 0.6) is 0 Å². The van der Waals surface area contributed by atoms with Gasteiger partial charge < -0.3 is 5.73 Å². The Kier molecular flexibility index (Phi) is 2.78. The van der Waals surface area contributed by atoms with Gasteiger partial charge in [0.25, 0.3) is 0 Å². The van der Waals surface area contributed by atoms with Gasteiger partial charge in [-0.05, 0) is 48.9 Å². The molecule has 0 spiro atoms. The smallest absolute Gasteiger partial charge is 0.123 e. The minimum atomic E-state index is 0.589. The summed E-state index contributed by atoms with van der Waals surface area (Å²) in [5.41, 5.74) is 10.6. The molecule has 1 aromatic heterocycles. The van der Waals surface area contributed by atoms with Gasteiger partial charge >= 0.3 is 0 Å². The van der Waals surface area contributed by atoms with E-state index < -0.39 is 0 Å². The van der Waals surface area contributed by atoms with E-state index in [9.17, 15) is 0 Å². The molecule has 1 heterocycles. The minimum Gasteiger partial charge on any atom is -0.384 e. The van der Waals surface area contributed by atoms with Gasteiger partial charge in [0.2, 0.25) is 0 Å². The molecule has 1 saturated carbocycles. The second-order valence-electron chi connectivity index (χ2n) is 5.12. The zero-order valence-corrected chi connectivity index (χ0v) is 10.7. The summed E-state index contributed by atoms with van der Waals surface area (Å²) in [5.74, 6) is 1.36. The second kappa shape index (κ2) is 4.45. The third kappa shape index (κ3) is 1.99. The maximum atomic E-state index is 5.70. The lowest BCUT2D eigenvalue weighted by atomic mass is 9.79. The van der Waals surface area contributed by atoms with E-state index in [1.54, 1.807) is 0 Å². The minimum absolute atomic E-state index is 0.589. The van der Waals surface area contributed by atoms with Crippen molar-refractivity contribution in [2.24, 2.45) is 0 Å². The molecule has 1 aliphatic carbocycles. The fourth-order valence-corrected chi connectivity index (χ4v) is 2.59. The molecular formula is C16H18N2. The van der Waals surface area contributed by atoms with Crippen LogP contribution in [0.1, 0.15) is 36.4 Å². The van der Waals surface area contributed by atoms with Crippen LogP contribution < -0.4 is 5.73 Å². The van der Waals surface area contributed by atoms with Gasteiger partial charge in [0.15, 0.2) is 0 Å². The van der Waals surface area contributed by atoms with Crippen LogP contribution in [0.4, 0.5) is 5.82 Å². The lowest BCUT2D eigenvalue weighted by molar-refractivity contribution is 0.420. The maximum absolute atomic E-state index is 5.70. The van der Waals surface area contributed by atoms with Crippen molar-refractivity contribution in [3.8, 4) is 11.1 Å². The Morgan fingerprint density at radius 1 is 1.17 bits per heavy atom. The molecule has 0 bridgehead atoms. The summed E-state index contributed by atoms with van der Waals surface area (Å²) in [6.45, 7) is 2.02. The molecule has 0 radical (unpaired) electrons. The van der Waals surface area contributed by atoms with Crippen LogP contribution in [0.3, 0.4) is 0 Å². The number of anilines is 1. The van der Waals surface area contributed by atoms with E-state index in [0.29, 0.717) is 5.82 Å². The summed E-state index contributed by atoms with van der Waals surface area (Å²) >= 11 is 0. The van der Waals surface area contributed by atoms with Gasteiger partial charge in [0, 0.05) is 11.3 Å². The first kappa shape index (κ1) is 11.3. The summed E-state index contributed by atoms with van der Waals surface area (Å²) in [5, 5.41) is 0. The number of nitrogen functional groups attached to an aromatic ring is 1. The number of rotatable bonds is 2. The van der Waals surface area contributed by atoms with Crippen molar-refractivity contribution in [2.45, 2.75) is 32.1 Å². The van der Waals surface area contributed by atoms with E-state index in [2.05, 4.69) is 35.3 Å². The highest BCUT2D eigenvalue weighted by Crippen LogP contribution is 2.37. The molecule has 1 aromatic carbocycles. The van der Waals surface area contributed by atoms with Gasteiger partial charge in [-0.25, -0.2) is 4.98 Å². The molecule has 92 valence electrons. The molecule has 2 aromatic rings. The van der Waals surface area contributed by atoms with Gasteiger partial charge in [0.05, 0.1) is 0 Å². The number of pyridine rings is 1. The lowest BCUT2D eigenvalue weighted by Crippen LogP contribution is -2.08. The molecule has 0 amide bonds. The van der Waals surface area contributed by atoms with Gasteiger partial charge in [0.1, 0.15) is 5.82 Å². The fraction of sp³-hybridized carbons (Fsp3) is 0.312. The summed E-state index contributed by atoms with van der Waals surface area (Å²) < 4.78 is 0. The first-order valence-electron chi connectivity index (χ1n) is 6.57. The van der Waals surface area contributed by atoms with Crippen molar-refractivity contribution >= 4 is 5.82 Å². The van der Waals surface area contributed by atoms with E-state index in [1.807, 2.05) is 13.0 Å². The molecule has 0 saturated heterocycles. The molecule has 0 aliphatic heterocycles. The zero-order valence-electron chi connectivity index (χ0n) is 10.7. The Morgan fingerprint density at radius 2 is 2.00 bits per heavy atom. The monoisotopic (exact) mass is 238 g/mol. The molecule has 2 nitrogen and oxygen atoms in total. The van der Waals surface area contributed by atoms with Crippen LogP contribution in [-0.2, 0) is 0 Å². The van der Waals surface area contributed by atoms with Crippen molar-refractivity contribution < 1.29 is 0 Å². The van der Waals surface area contributed by atoms with Crippen LogP contribution in [0.25, 0.3) is 11.1 Å². The van der Waals surface area contributed by atoms with E-state index in [1.165, 1.54) is 36.0 Å². The number of nitrogens with zero attached hydrogens (tertiary/aromatic N) is 1. The topological polar surface area (TPSA) is 38.9 Å². The van der Waals surface area contributed by atoms with Crippen LogP contribution in [0.2, 0.25) is 0 Å². The highest BCUT2D eigenvalue weighted by Gasteiger charge is 2.19. The molecule has 0 unspecified atom stereocenters. The number of hydrogen-bond donors (Lipinski definition) is 1. The van der Waals surface area contributed by atoms with E-state index >= 15 is 0 Å². The van der Waals surface area contributed by atoms with Crippen molar-refractivity contribution in [1.82, 2.24) is 4.98 Å². The Labute approximate surface area is 108 Å². The first-order valence-corrected chi connectivity index (χ1v) is 6.57. The lowest BCUT2D eigenvalue weighted by Gasteiger charge is -2.26. The SMILES string of the molecule is Cc1nc(N)ccc1-c1cccc(C2CCC2)c1. The van der Waals surface area contributed by atoms with Gasteiger partial charge in [-0.15, -0.1) is 0 Å². The zero-order chi connectivity index (χ0) is 12.5. The fourth-order valence-electron chi connectivity index (χ4n) is 2.59. The third-order valence-electron chi connectivity index (χ3n) is 3.88. The Morgan fingerprint density at radius 3 is 2.67 bits per heavy atom. The van der Waals surface area contributed by atoms with E-state index in [-0.39, 0.29) is 0 Å². The maximum Gasteiger partial charge on any atom is 0.123 e. The van der Waals surface area contributed by atoms with E-state index in [0.717, 1.165) is 11.6 Å². The van der Waals surface area contributed by atoms with Crippen LogP contribution in [0.15, 0.2) is 36.4 Å². The quantitative estimate of drug-likeness (QED) is 0.861. The van der Waals surface area contributed by atoms with Gasteiger partial charge in [-0.3, -0.25) is 0 Å². The number of hydrogen-bond acceptors (Lipinski definition) is 2. The first-order chi connectivity index (χ1) is 8.74. The van der Waals surface area contributed by atoms with Crippen LogP contribution in [0, 0.1) is 6.92 Å². The van der Waals surface area contributed by atoms with E-state index in [4.69, 9.17) is 5.73 Å². The number of aromatic nitrogens is 1. The Balaban J connectivity index is 2.00. The Bertz CT molecular complexity index is 571. The molecule has 1 aliphatic rings. The molecule has 2 N–H and O–H groups in total. The average Bonchev–Trinajstić information content (AvgIpc) is 2.27. The van der Waals surface area contributed by atoms with Crippen molar-refractivity contribution in [2.75, 3.05) is 5.73 Å². The summed E-state index contributed by atoms with van der Waals surface area (Å²) in [6.07, 6.45) is 4.04. The van der Waals surface area contributed by atoms with Gasteiger partial charge in [-0.1, -0.05) is 30.7 Å². The number of aryl methyl sites for hydroxylation is 1. The second-order valence-corrected chi connectivity index (χ2v) is 5.12. The molecular weight excluding hydrogens is 220 g/mol. The molecule has 18 heavy (non-hydrogen) atoms. The largest absolute Gasteiger partial charge is 0.384 e. The normalized spacial score (nSPS) is 15.4. The average molecular weight is 238 g/mol. The number of nitrogens with two attached hydrogens (primary N) is 1. The van der Waals surface area contributed by atoms with Crippen molar-refractivity contribution in [1.29, 1.82) is 0 Å². The predicted octanol–water partition coefficient (Wildman–Crippen LogP) is 3.91. The summed E-state index contributed by atoms with van der Waals surface area (Å²) in [6, 6.07) is 12.8. The van der Waals surface area contributed by atoms with Gasteiger partial charge in [-0.2, -0.15) is 0 Å². The summed E-state index contributed by atoms with van der Waals surface area (Å²) in [7, 11) is 0. The van der Waals surface area contributed by atoms with Crippen molar-refractivity contribution in [3.05, 3.63) is 47.7 Å². The molecule has 0 atom stereocenters. The predicted molar refractivity (Wildman–Crippen MR) is 75.4 cm³/mol. The van der Waals surface area contributed by atoms with Crippen molar-refractivity contribution in [3.63, 3.8) is 0 Å². The highest BCUT2D eigenvalue weighted by atomic mass is 14.8. The molecule has 1 fully saturated rings. The van der Waals surface area contributed by atoms with Crippen LogP contribution in [-0.4, -0.2) is 4.98 Å². The standard InChI is InChI=1S/C16H18N2/c1-11-15(8-9-16(17)18-11)14-7-3-6-13(10-14)12-4-2-5-12/h3,6-10,12H,2,4-5H2,1H3,(H2,17,18). The Hall–Kier alpha value is -1.83. The molecule has 3 rings (SSSR count). The number of benzene rings is 1.